The number of benzene rings is 1. The summed E-state index contributed by atoms with van der Waals surface area (Å²) < 4.78 is 11.2. The van der Waals surface area contributed by atoms with Crippen LogP contribution in [0.15, 0.2) is 57.5 Å². The molecule has 1 aromatic carbocycles. The third-order valence-corrected chi connectivity index (χ3v) is 4.56. The van der Waals surface area contributed by atoms with Gasteiger partial charge in [0, 0.05) is 24.4 Å². The molecular weight excluding hydrogens is 364 g/mol. The highest BCUT2D eigenvalue weighted by molar-refractivity contribution is 6.07. The van der Waals surface area contributed by atoms with Crippen molar-refractivity contribution in [1.82, 2.24) is 4.90 Å². The van der Waals surface area contributed by atoms with Crippen LogP contribution in [-0.4, -0.2) is 54.8 Å². The molecular formula is C23H30N4O2. The van der Waals surface area contributed by atoms with Gasteiger partial charge in [-0.2, -0.15) is 4.99 Å². The molecule has 0 bridgehead atoms. The normalized spacial score (nSPS) is 22.5. The first-order valence-electron chi connectivity index (χ1n) is 10.1. The molecule has 6 nitrogen and oxygen atoms in total. The first kappa shape index (κ1) is 21.0. The molecule has 0 spiro atoms. The van der Waals surface area contributed by atoms with E-state index in [0.717, 1.165) is 42.2 Å². The molecule has 0 aliphatic carbocycles. The van der Waals surface area contributed by atoms with Crippen LogP contribution in [0.5, 0.6) is 5.75 Å². The largest absolute Gasteiger partial charge is 0.497 e. The van der Waals surface area contributed by atoms with Crippen molar-refractivity contribution in [3.63, 3.8) is 0 Å². The van der Waals surface area contributed by atoms with E-state index in [1.54, 1.807) is 7.11 Å². The second-order valence-electron chi connectivity index (χ2n) is 7.56. The summed E-state index contributed by atoms with van der Waals surface area (Å²) in [6, 6.07) is 7.92. The molecule has 0 amide bonds. The smallest absolute Gasteiger partial charge is 0.227 e. The van der Waals surface area contributed by atoms with E-state index in [1.165, 1.54) is 0 Å². The summed E-state index contributed by atoms with van der Waals surface area (Å²) in [5.74, 6) is 2.13. The molecule has 154 valence electrons. The number of ether oxygens (including phenoxy) is 2. The highest BCUT2D eigenvalue weighted by Gasteiger charge is 2.25. The van der Waals surface area contributed by atoms with Crippen LogP contribution in [0.2, 0.25) is 0 Å². The fraction of sp³-hybridized carbons (Fsp3) is 0.435. The molecule has 2 aliphatic rings. The Balaban J connectivity index is 1.95. The molecule has 2 atom stereocenters. The minimum atomic E-state index is 0.134. The SMILES string of the molecule is COc1cccc(C2=CCC=CC(/N=C(\N=C(C)C)N3C[C@@H](C)O[C@@H](C)C3)=N2)c1. The standard InChI is InChI=1S/C23H30N4O2/c1-16(2)24-23(27-14-17(3)29-18(4)15-27)26-22-12-7-6-11-21(25-22)19-9-8-10-20(13-19)28-5/h7-13,17-18H,6,14-15H2,1-5H3/b26-23+/t17-,18+. The molecule has 2 aliphatic heterocycles. The Labute approximate surface area is 173 Å². The van der Waals surface area contributed by atoms with Gasteiger partial charge < -0.3 is 14.4 Å². The number of hydrogen-bond donors (Lipinski definition) is 0. The summed E-state index contributed by atoms with van der Waals surface area (Å²) in [6.45, 7) is 9.64. The van der Waals surface area contributed by atoms with Gasteiger partial charge in [0.05, 0.1) is 25.0 Å². The van der Waals surface area contributed by atoms with Gasteiger partial charge in [-0.3, -0.25) is 0 Å². The fourth-order valence-corrected chi connectivity index (χ4v) is 3.40. The van der Waals surface area contributed by atoms with Crippen LogP contribution in [0.4, 0.5) is 0 Å². The van der Waals surface area contributed by atoms with E-state index in [2.05, 4.69) is 30.9 Å². The zero-order valence-electron chi connectivity index (χ0n) is 17.9. The highest BCUT2D eigenvalue weighted by atomic mass is 16.5. The molecule has 0 N–H and O–H groups in total. The second kappa shape index (κ2) is 9.65. The van der Waals surface area contributed by atoms with E-state index in [0.29, 0.717) is 11.8 Å². The van der Waals surface area contributed by atoms with Gasteiger partial charge >= 0.3 is 0 Å². The van der Waals surface area contributed by atoms with Crippen molar-refractivity contribution in [3.8, 4) is 5.75 Å². The van der Waals surface area contributed by atoms with Gasteiger partial charge in [-0.15, -0.1) is 0 Å². The van der Waals surface area contributed by atoms with Crippen molar-refractivity contribution < 1.29 is 9.47 Å². The van der Waals surface area contributed by atoms with E-state index >= 15 is 0 Å². The average molecular weight is 395 g/mol. The van der Waals surface area contributed by atoms with Crippen molar-refractivity contribution >= 4 is 23.2 Å². The van der Waals surface area contributed by atoms with E-state index in [4.69, 9.17) is 24.5 Å². The van der Waals surface area contributed by atoms with Gasteiger partial charge in [0.1, 0.15) is 5.75 Å². The third kappa shape index (κ3) is 5.87. The van der Waals surface area contributed by atoms with Gasteiger partial charge in [-0.1, -0.05) is 24.3 Å². The van der Waals surface area contributed by atoms with Crippen molar-refractivity contribution in [2.24, 2.45) is 15.0 Å². The Hall–Kier alpha value is -2.73. The lowest BCUT2D eigenvalue weighted by Crippen LogP contribution is -2.48. The molecule has 0 aromatic heterocycles. The van der Waals surface area contributed by atoms with Crippen LogP contribution in [0.1, 0.15) is 39.7 Å². The number of amidine groups is 1. The lowest BCUT2D eigenvalue weighted by atomic mass is 10.1. The maximum absolute atomic E-state index is 5.87. The maximum Gasteiger partial charge on any atom is 0.227 e. The van der Waals surface area contributed by atoms with Crippen LogP contribution >= 0.6 is 0 Å². The number of aliphatic imine (C=N–C) groups is 3. The first-order valence-corrected chi connectivity index (χ1v) is 10.1. The number of methoxy groups -OCH3 is 1. The predicted molar refractivity (Wildman–Crippen MR) is 120 cm³/mol. The van der Waals surface area contributed by atoms with Crippen molar-refractivity contribution in [1.29, 1.82) is 0 Å². The Morgan fingerprint density at radius 1 is 1.21 bits per heavy atom. The predicted octanol–water partition coefficient (Wildman–Crippen LogP) is 4.34. The molecule has 0 radical (unpaired) electrons. The second-order valence-corrected chi connectivity index (χ2v) is 7.56. The Kier molecular flexibility index (Phi) is 6.99. The number of morpholine rings is 1. The first-order chi connectivity index (χ1) is 13.9. The topological polar surface area (TPSA) is 58.8 Å². The van der Waals surface area contributed by atoms with E-state index in [-0.39, 0.29) is 12.2 Å². The molecule has 6 heteroatoms. The summed E-state index contributed by atoms with van der Waals surface area (Å²) in [7, 11) is 1.67. The number of rotatable bonds is 2. The number of hydrogen-bond acceptors (Lipinski definition) is 4. The van der Waals surface area contributed by atoms with Gasteiger partial charge in [0.25, 0.3) is 0 Å². The number of allylic oxidation sites excluding steroid dienone is 2. The van der Waals surface area contributed by atoms with E-state index in [1.807, 2.05) is 44.2 Å². The zero-order chi connectivity index (χ0) is 20.8. The zero-order valence-corrected chi connectivity index (χ0v) is 17.9. The molecule has 0 unspecified atom stereocenters. The minimum Gasteiger partial charge on any atom is -0.497 e. The monoisotopic (exact) mass is 394 g/mol. The number of nitrogens with zero attached hydrogens (tertiary/aromatic N) is 4. The molecule has 2 heterocycles. The summed E-state index contributed by atoms with van der Waals surface area (Å²) in [5.41, 5.74) is 2.84. The molecule has 3 rings (SSSR count). The van der Waals surface area contributed by atoms with Crippen LogP contribution in [-0.2, 0) is 4.74 Å². The molecule has 1 fully saturated rings. The summed E-state index contributed by atoms with van der Waals surface area (Å²) in [4.78, 5) is 16.5. The molecule has 1 aromatic rings. The van der Waals surface area contributed by atoms with Crippen LogP contribution in [0, 0.1) is 0 Å². The summed E-state index contributed by atoms with van der Waals surface area (Å²) >= 11 is 0. The quantitative estimate of drug-likeness (QED) is 0.554. The van der Waals surface area contributed by atoms with Crippen molar-refractivity contribution in [3.05, 3.63) is 48.1 Å². The van der Waals surface area contributed by atoms with Crippen molar-refractivity contribution in [2.45, 2.75) is 46.3 Å². The third-order valence-electron chi connectivity index (χ3n) is 4.56. The summed E-state index contributed by atoms with van der Waals surface area (Å²) in [5, 5.41) is 0. The lowest BCUT2D eigenvalue weighted by Gasteiger charge is -2.35. The highest BCUT2D eigenvalue weighted by Crippen LogP contribution is 2.23. The van der Waals surface area contributed by atoms with E-state index in [9.17, 15) is 0 Å². The van der Waals surface area contributed by atoms with Gasteiger partial charge in [0.15, 0.2) is 5.84 Å². The summed E-state index contributed by atoms with van der Waals surface area (Å²) in [6.07, 6.45) is 7.19. The van der Waals surface area contributed by atoms with Gasteiger partial charge in [-0.25, -0.2) is 9.98 Å². The Morgan fingerprint density at radius 3 is 2.66 bits per heavy atom. The van der Waals surface area contributed by atoms with Gasteiger partial charge in [0.2, 0.25) is 5.96 Å². The maximum atomic E-state index is 5.87. The number of guanidine groups is 1. The molecule has 1 saturated heterocycles. The molecule has 0 saturated carbocycles. The van der Waals surface area contributed by atoms with Crippen LogP contribution in [0.3, 0.4) is 0 Å². The van der Waals surface area contributed by atoms with E-state index < -0.39 is 0 Å². The Morgan fingerprint density at radius 2 is 1.97 bits per heavy atom. The Bertz CT molecular complexity index is 869. The fourth-order valence-electron chi connectivity index (χ4n) is 3.40. The van der Waals surface area contributed by atoms with Gasteiger partial charge in [-0.05, 0) is 52.3 Å². The van der Waals surface area contributed by atoms with Crippen LogP contribution < -0.4 is 4.74 Å². The lowest BCUT2D eigenvalue weighted by molar-refractivity contribution is -0.0482. The van der Waals surface area contributed by atoms with Crippen LogP contribution in [0.25, 0.3) is 5.70 Å². The molecule has 29 heavy (non-hydrogen) atoms. The average Bonchev–Trinajstić information content (AvgIpc) is 2.92. The minimum absolute atomic E-state index is 0.134. The van der Waals surface area contributed by atoms with Crippen molar-refractivity contribution in [2.75, 3.05) is 20.2 Å².